The molecular weight excluding hydrogens is 228 g/mol. The zero-order chi connectivity index (χ0) is 11.0. The van der Waals surface area contributed by atoms with E-state index in [2.05, 4.69) is 0 Å². The topological polar surface area (TPSA) is 52.6 Å². The Morgan fingerprint density at radius 1 is 1.29 bits per heavy atom. The van der Waals surface area contributed by atoms with Crippen molar-refractivity contribution in [2.45, 2.75) is 26.4 Å². The van der Waals surface area contributed by atoms with Gasteiger partial charge in [-0.25, -0.2) is 8.42 Å². The predicted molar refractivity (Wildman–Crippen MR) is 56.2 cm³/mol. The Kier molecular flexibility index (Phi) is 7.54. The van der Waals surface area contributed by atoms with E-state index in [9.17, 15) is 8.42 Å². The third kappa shape index (κ3) is 10.2. The highest BCUT2D eigenvalue weighted by atomic mass is 35.7. The van der Waals surface area contributed by atoms with Gasteiger partial charge in [0.05, 0.1) is 31.7 Å². The predicted octanol–water partition coefficient (Wildman–Crippen LogP) is 1.39. The van der Waals surface area contributed by atoms with Crippen molar-refractivity contribution in [1.82, 2.24) is 0 Å². The molecule has 86 valence electrons. The van der Waals surface area contributed by atoms with Crippen LogP contribution in [0.15, 0.2) is 0 Å². The van der Waals surface area contributed by atoms with Crippen molar-refractivity contribution >= 4 is 19.7 Å². The highest BCUT2D eigenvalue weighted by Gasteiger charge is 2.04. The van der Waals surface area contributed by atoms with Gasteiger partial charge in [-0.2, -0.15) is 0 Å². The van der Waals surface area contributed by atoms with E-state index in [1.54, 1.807) is 0 Å². The van der Waals surface area contributed by atoms with Gasteiger partial charge >= 0.3 is 0 Å². The van der Waals surface area contributed by atoms with Crippen LogP contribution in [0, 0.1) is 0 Å². The molecule has 0 aliphatic carbocycles. The van der Waals surface area contributed by atoms with Gasteiger partial charge in [0.1, 0.15) is 0 Å². The van der Waals surface area contributed by atoms with Crippen molar-refractivity contribution in [1.29, 1.82) is 0 Å². The molecule has 14 heavy (non-hydrogen) atoms. The highest BCUT2D eigenvalue weighted by Crippen LogP contribution is 1.97. The first-order chi connectivity index (χ1) is 6.45. The van der Waals surface area contributed by atoms with E-state index in [1.807, 2.05) is 13.8 Å². The largest absolute Gasteiger partial charge is 0.378 e. The van der Waals surface area contributed by atoms with Gasteiger partial charge in [-0.1, -0.05) is 6.92 Å². The first-order valence-electron chi connectivity index (χ1n) is 4.57. The van der Waals surface area contributed by atoms with E-state index in [1.165, 1.54) is 0 Å². The van der Waals surface area contributed by atoms with Crippen molar-refractivity contribution in [2.24, 2.45) is 0 Å². The standard InChI is InChI=1S/C8H17ClO4S/c1-3-8(2)13-5-4-12-6-7-14(9,10)11/h8H,3-7H2,1-2H3. The lowest BCUT2D eigenvalue weighted by Gasteiger charge is -2.10. The summed E-state index contributed by atoms with van der Waals surface area (Å²) in [5.41, 5.74) is 0. The first kappa shape index (κ1) is 14.2. The molecule has 0 amide bonds. The monoisotopic (exact) mass is 244 g/mol. The summed E-state index contributed by atoms with van der Waals surface area (Å²) in [7, 11) is 1.55. The van der Waals surface area contributed by atoms with Gasteiger partial charge in [0, 0.05) is 10.7 Å². The van der Waals surface area contributed by atoms with Crippen LogP contribution in [0.5, 0.6) is 0 Å². The summed E-state index contributed by atoms with van der Waals surface area (Å²) in [4.78, 5) is 0. The summed E-state index contributed by atoms with van der Waals surface area (Å²) in [5, 5.41) is 0. The lowest BCUT2D eigenvalue weighted by Crippen LogP contribution is -2.14. The normalized spacial score (nSPS) is 14.2. The number of hydrogen-bond acceptors (Lipinski definition) is 4. The van der Waals surface area contributed by atoms with Crippen LogP contribution >= 0.6 is 10.7 Å². The second-order valence-electron chi connectivity index (χ2n) is 2.94. The maximum atomic E-state index is 10.5. The lowest BCUT2D eigenvalue weighted by atomic mass is 10.3. The summed E-state index contributed by atoms with van der Waals surface area (Å²) < 4.78 is 31.3. The maximum Gasteiger partial charge on any atom is 0.234 e. The molecule has 0 radical (unpaired) electrons. The van der Waals surface area contributed by atoms with Crippen LogP contribution in [0.25, 0.3) is 0 Å². The molecule has 0 saturated heterocycles. The Bertz CT molecular complexity index is 227. The molecule has 0 spiro atoms. The fourth-order valence-corrected chi connectivity index (χ4v) is 1.19. The van der Waals surface area contributed by atoms with E-state index in [-0.39, 0.29) is 18.5 Å². The minimum absolute atomic E-state index is 0.121. The zero-order valence-electron chi connectivity index (χ0n) is 8.53. The zero-order valence-corrected chi connectivity index (χ0v) is 10.1. The fraction of sp³-hybridized carbons (Fsp3) is 1.00. The Morgan fingerprint density at radius 2 is 1.93 bits per heavy atom. The van der Waals surface area contributed by atoms with Gasteiger partial charge < -0.3 is 9.47 Å². The fourth-order valence-electron chi connectivity index (χ4n) is 0.687. The Morgan fingerprint density at radius 3 is 2.43 bits per heavy atom. The molecule has 0 aliphatic heterocycles. The molecule has 0 aromatic heterocycles. The quantitative estimate of drug-likeness (QED) is 0.478. The smallest absolute Gasteiger partial charge is 0.234 e. The molecule has 0 heterocycles. The minimum atomic E-state index is -3.43. The van der Waals surface area contributed by atoms with Crippen LogP contribution in [0.1, 0.15) is 20.3 Å². The van der Waals surface area contributed by atoms with Gasteiger partial charge in [-0.15, -0.1) is 0 Å². The number of hydrogen-bond donors (Lipinski definition) is 0. The third-order valence-electron chi connectivity index (χ3n) is 1.68. The maximum absolute atomic E-state index is 10.5. The van der Waals surface area contributed by atoms with E-state index >= 15 is 0 Å². The minimum Gasteiger partial charge on any atom is -0.378 e. The molecule has 0 aromatic rings. The van der Waals surface area contributed by atoms with Crippen molar-refractivity contribution in [3.05, 3.63) is 0 Å². The van der Waals surface area contributed by atoms with Crippen molar-refractivity contribution in [3.8, 4) is 0 Å². The average molecular weight is 245 g/mol. The van der Waals surface area contributed by atoms with E-state index in [0.29, 0.717) is 13.2 Å². The summed E-state index contributed by atoms with van der Waals surface area (Å²) in [6, 6.07) is 0. The molecule has 0 aromatic carbocycles. The molecular formula is C8H17ClO4S. The van der Waals surface area contributed by atoms with Crippen LogP contribution < -0.4 is 0 Å². The van der Waals surface area contributed by atoms with Crippen LogP contribution in [-0.2, 0) is 18.5 Å². The van der Waals surface area contributed by atoms with Crippen LogP contribution in [-0.4, -0.2) is 40.1 Å². The molecule has 0 bridgehead atoms. The van der Waals surface area contributed by atoms with Crippen LogP contribution in [0.3, 0.4) is 0 Å². The molecule has 0 rings (SSSR count). The van der Waals surface area contributed by atoms with Gasteiger partial charge in [-0.3, -0.25) is 0 Å². The van der Waals surface area contributed by atoms with Crippen molar-refractivity contribution in [3.63, 3.8) is 0 Å². The van der Waals surface area contributed by atoms with E-state index in [0.717, 1.165) is 6.42 Å². The summed E-state index contributed by atoms with van der Waals surface area (Å²) >= 11 is 0. The summed E-state index contributed by atoms with van der Waals surface area (Å²) in [5.74, 6) is -0.155. The SMILES string of the molecule is CCC(C)OCCOCCS(=O)(=O)Cl. The molecule has 0 fully saturated rings. The second kappa shape index (κ2) is 7.45. The number of halogens is 1. The molecule has 1 unspecified atom stereocenters. The van der Waals surface area contributed by atoms with Crippen molar-refractivity contribution in [2.75, 3.05) is 25.6 Å². The van der Waals surface area contributed by atoms with E-state index < -0.39 is 9.05 Å². The third-order valence-corrected chi connectivity index (χ3v) is 2.79. The second-order valence-corrected chi connectivity index (χ2v) is 5.84. The molecule has 4 nitrogen and oxygen atoms in total. The molecule has 0 saturated carbocycles. The lowest BCUT2D eigenvalue weighted by molar-refractivity contribution is 0.0146. The average Bonchev–Trinajstić information content (AvgIpc) is 2.08. The number of rotatable bonds is 8. The number of ether oxygens (including phenoxy) is 2. The van der Waals surface area contributed by atoms with Gasteiger partial charge in [0.25, 0.3) is 0 Å². The molecule has 0 aliphatic rings. The Hall–Kier alpha value is 0.160. The summed E-state index contributed by atoms with van der Waals surface area (Å²) in [6.07, 6.45) is 1.17. The van der Waals surface area contributed by atoms with E-state index in [4.69, 9.17) is 20.2 Å². The molecule has 0 N–H and O–H groups in total. The van der Waals surface area contributed by atoms with Gasteiger partial charge in [0.2, 0.25) is 9.05 Å². The van der Waals surface area contributed by atoms with Gasteiger partial charge in [0.15, 0.2) is 0 Å². The Balaban J connectivity index is 3.23. The molecule has 1 atom stereocenters. The van der Waals surface area contributed by atoms with Gasteiger partial charge in [-0.05, 0) is 13.3 Å². The van der Waals surface area contributed by atoms with Crippen molar-refractivity contribution < 1.29 is 17.9 Å². The highest BCUT2D eigenvalue weighted by molar-refractivity contribution is 8.13. The summed E-state index contributed by atoms with van der Waals surface area (Å²) in [6.45, 7) is 5.01. The first-order valence-corrected chi connectivity index (χ1v) is 7.05. The van der Waals surface area contributed by atoms with Crippen LogP contribution in [0.4, 0.5) is 0 Å². The van der Waals surface area contributed by atoms with Crippen LogP contribution in [0.2, 0.25) is 0 Å². The molecule has 6 heteroatoms. The Labute approximate surface area is 90.0 Å².